The molecule has 0 saturated carbocycles. The van der Waals surface area contributed by atoms with Crippen LogP contribution in [0.2, 0.25) is 0 Å². The lowest BCUT2D eigenvalue weighted by molar-refractivity contribution is 0.0695. The number of aromatic amines is 1. The number of carbonyl (C=O) groups is 1. The van der Waals surface area contributed by atoms with Gasteiger partial charge in [0.1, 0.15) is 11.2 Å². The second-order valence-electron chi connectivity index (χ2n) is 7.29. The standard InChI is InChI=1S/C19H21F3N6O/c1-27-9-12(8-23-27)11-6-14-17(15(20)7-11)25-26-18(14)19(29)24-13-2-4-28(5-3-13)10-16(21)22/h6-9,13,16H,2-5,10H2,1H3,(H,24,29)(H,25,26). The van der Waals surface area contributed by atoms with Crippen LogP contribution in [0, 0.1) is 5.82 Å². The molecule has 1 amide bonds. The van der Waals surface area contributed by atoms with Gasteiger partial charge in [0.25, 0.3) is 12.3 Å². The van der Waals surface area contributed by atoms with Crippen LogP contribution in [-0.2, 0) is 7.05 Å². The molecule has 154 valence electrons. The summed E-state index contributed by atoms with van der Waals surface area (Å²) in [6.07, 6.45) is 2.18. The molecule has 0 aliphatic carbocycles. The fraction of sp³-hybridized carbons (Fsp3) is 0.421. The molecule has 3 aromatic rings. The van der Waals surface area contributed by atoms with Crippen LogP contribution in [-0.4, -0.2) is 62.9 Å². The molecule has 1 saturated heterocycles. The number of halogens is 3. The molecule has 0 radical (unpaired) electrons. The molecule has 1 fully saturated rings. The van der Waals surface area contributed by atoms with Crippen LogP contribution in [0.5, 0.6) is 0 Å². The molecular weight excluding hydrogens is 385 g/mol. The number of H-pyrrole nitrogens is 1. The molecule has 3 heterocycles. The molecular formula is C19H21F3N6O. The molecule has 1 aliphatic heterocycles. The number of likely N-dealkylation sites (tertiary alicyclic amines) is 1. The Morgan fingerprint density at radius 3 is 2.72 bits per heavy atom. The van der Waals surface area contributed by atoms with Gasteiger partial charge in [0, 0.05) is 43.3 Å². The Morgan fingerprint density at radius 2 is 2.07 bits per heavy atom. The molecule has 1 aliphatic rings. The lowest BCUT2D eigenvalue weighted by Crippen LogP contribution is -2.45. The second-order valence-corrected chi connectivity index (χ2v) is 7.29. The van der Waals surface area contributed by atoms with Gasteiger partial charge in [0.15, 0.2) is 5.82 Å². The number of carbonyl (C=O) groups excluding carboxylic acids is 1. The van der Waals surface area contributed by atoms with Crippen LogP contribution in [0.4, 0.5) is 13.2 Å². The summed E-state index contributed by atoms with van der Waals surface area (Å²) < 4.78 is 41.1. The number of fused-ring (bicyclic) bond motifs is 1. The smallest absolute Gasteiger partial charge is 0.270 e. The molecule has 7 nitrogen and oxygen atoms in total. The van der Waals surface area contributed by atoms with Crippen molar-refractivity contribution in [3.05, 3.63) is 36.0 Å². The van der Waals surface area contributed by atoms with Gasteiger partial charge in [-0.15, -0.1) is 0 Å². The third-order valence-electron chi connectivity index (χ3n) is 5.20. The van der Waals surface area contributed by atoms with Gasteiger partial charge in [0.05, 0.1) is 12.7 Å². The van der Waals surface area contributed by atoms with Crippen LogP contribution >= 0.6 is 0 Å². The van der Waals surface area contributed by atoms with Gasteiger partial charge < -0.3 is 5.32 Å². The average molecular weight is 406 g/mol. The number of hydrogen-bond acceptors (Lipinski definition) is 4. The first kappa shape index (κ1) is 19.4. The maximum absolute atomic E-state index is 14.5. The number of rotatable bonds is 5. The van der Waals surface area contributed by atoms with E-state index in [9.17, 15) is 18.0 Å². The van der Waals surface area contributed by atoms with Crippen molar-refractivity contribution in [3.8, 4) is 11.1 Å². The Balaban J connectivity index is 1.52. The fourth-order valence-corrected chi connectivity index (χ4v) is 3.70. The van der Waals surface area contributed by atoms with E-state index in [2.05, 4.69) is 20.6 Å². The number of alkyl halides is 2. The third kappa shape index (κ3) is 4.12. The van der Waals surface area contributed by atoms with E-state index >= 15 is 0 Å². The summed E-state index contributed by atoms with van der Waals surface area (Å²) in [6, 6.07) is 2.95. The molecule has 10 heteroatoms. The van der Waals surface area contributed by atoms with Crippen molar-refractivity contribution in [1.29, 1.82) is 0 Å². The van der Waals surface area contributed by atoms with Crippen molar-refractivity contribution < 1.29 is 18.0 Å². The first-order valence-electron chi connectivity index (χ1n) is 9.38. The molecule has 1 aromatic carbocycles. The number of hydrogen-bond donors (Lipinski definition) is 2. The van der Waals surface area contributed by atoms with Gasteiger partial charge in [-0.2, -0.15) is 10.2 Å². The van der Waals surface area contributed by atoms with Crippen molar-refractivity contribution in [3.63, 3.8) is 0 Å². The monoisotopic (exact) mass is 406 g/mol. The first-order chi connectivity index (χ1) is 13.9. The maximum atomic E-state index is 14.5. The highest BCUT2D eigenvalue weighted by Gasteiger charge is 2.25. The van der Waals surface area contributed by atoms with Crippen molar-refractivity contribution in [2.75, 3.05) is 19.6 Å². The number of nitrogens with one attached hydrogen (secondary N) is 2. The quantitative estimate of drug-likeness (QED) is 0.683. The number of nitrogens with zero attached hydrogens (tertiary/aromatic N) is 4. The molecule has 29 heavy (non-hydrogen) atoms. The maximum Gasteiger partial charge on any atom is 0.270 e. The van der Waals surface area contributed by atoms with E-state index in [4.69, 9.17) is 0 Å². The fourth-order valence-electron chi connectivity index (χ4n) is 3.70. The van der Waals surface area contributed by atoms with Crippen molar-refractivity contribution in [1.82, 2.24) is 30.2 Å². The number of piperidine rings is 1. The summed E-state index contributed by atoms with van der Waals surface area (Å²) in [6.45, 7) is 0.750. The Labute approximate surface area is 164 Å². The molecule has 0 unspecified atom stereocenters. The molecule has 2 N–H and O–H groups in total. The predicted molar refractivity (Wildman–Crippen MR) is 101 cm³/mol. The molecule has 4 rings (SSSR count). The summed E-state index contributed by atoms with van der Waals surface area (Å²) in [5.74, 6) is -0.917. The van der Waals surface area contributed by atoms with Crippen LogP contribution in [0.25, 0.3) is 22.0 Å². The zero-order valence-electron chi connectivity index (χ0n) is 15.8. The topological polar surface area (TPSA) is 78.8 Å². The number of amides is 1. The summed E-state index contributed by atoms with van der Waals surface area (Å²) >= 11 is 0. The van der Waals surface area contributed by atoms with E-state index < -0.39 is 12.2 Å². The van der Waals surface area contributed by atoms with Crippen LogP contribution in [0.1, 0.15) is 23.3 Å². The van der Waals surface area contributed by atoms with Crippen molar-refractivity contribution in [2.24, 2.45) is 7.05 Å². The van der Waals surface area contributed by atoms with Crippen molar-refractivity contribution >= 4 is 16.8 Å². The minimum absolute atomic E-state index is 0.0922. The molecule has 0 spiro atoms. The lowest BCUT2D eigenvalue weighted by Gasteiger charge is -2.31. The SMILES string of the molecule is Cn1cc(-c2cc(F)c3n[nH]c(C(=O)NC4CCN(CC(F)F)CC4)c3c2)cn1. The first-order valence-corrected chi connectivity index (χ1v) is 9.38. The highest BCUT2D eigenvalue weighted by Crippen LogP contribution is 2.27. The van der Waals surface area contributed by atoms with Gasteiger partial charge in [-0.3, -0.25) is 19.5 Å². The minimum Gasteiger partial charge on any atom is -0.348 e. The van der Waals surface area contributed by atoms with E-state index in [0.29, 0.717) is 36.9 Å². The Hall–Kier alpha value is -2.88. The molecule has 0 bridgehead atoms. The number of aromatic nitrogens is 4. The zero-order valence-corrected chi connectivity index (χ0v) is 15.8. The van der Waals surface area contributed by atoms with E-state index in [0.717, 1.165) is 5.56 Å². The second kappa shape index (κ2) is 7.86. The van der Waals surface area contributed by atoms with Gasteiger partial charge in [-0.05, 0) is 30.5 Å². The summed E-state index contributed by atoms with van der Waals surface area (Å²) in [7, 11) is 1.77. The van der Waals surface area contributed by atoms with Crippen molar-refractivity contribution in [2.45, 2.75) is 25.3 Å². The van der Waals surface area contributed by atoms with E-state index in [1.165, 1.54) is 6.07 Å². The van der Waals surface area contributed by atoms with E-state index in [1.807, 2.05) is 0 Å². The largest absolute Gasteiger partial charge is 0.348 e. The van der Waals surface area contributed by atoms with Gasteiger partial charge >= 0.3 is 0 Å². The Kier molecular flexibility index (Phi) is 5.27. The van der Waals surface area contributed by atoms with Gasteiger partial charge in [0.2, 0.25) is 0 Å². The predicted octanol–water partition coefficient (Wildman–Crippen LogP) is 2.56. The number of aryl methyl sites for hydroxylation is 1. The van der Waals surface area contributed by atoms with Crippen LogP contribution < -0.4 is 5.32 Å². The zero-order chi connectivity index (χ0) is 20.5. The van der Waals surface area contributed by atoms with Crippen LogP contribution in [0.3, 0.4) is 0 Å². The lowest BCUT2D eigenvalue weighted by atomic mass is 10.0. The van der Waals surface area contributed by atoms with Gasteiger partial charge in [-0.1, -0.05) is 0 Å². The minimum atomic E-state index is -2.36. The van der Waals surface area contributed by atoms with E-state index in [-0.39, 0.29) is 29.7 Å². The van der Waals surface area contributed by atoms with Crippen LogP contribution in [0.15, 0.2) is 24.5 Å². The van der Waals surface area contributed by atoms with E-state index in [1.54, 1.807) is 35.1 Å². The summed E-state index contributed by atoms with van der Waals surface area (Å²) in [5, 5.41) is 14.0. The Bertz CT molecular complexity index is 1020. The molecule has 2 aromatic heterocycles. The molecule has 0 atom stereocenters. The normalized spacial score (nSPS) is 16.0. The Morgan fingerprint density at radius 1 is 1.31 bits per heavy atom. The number of benzene rings is 1. The average Bonchev–Trinajstić information content (AvgIpc) is 3.29. The summed E-state index contributed by atoms with van der Waals surface area (Å²) in [4.78, 5) is 14.4. The summed E-state index contributed by atoms with van der Waals surface area (Å²) in [5.41, 5.74) is 1.60. The third-order valence-corrected chi connectivity index (χ3v) is 5.20. The highest BCUT2D eigenvalue weighted by atomic mass is 19.3. The highest BCUT2D eigenvalue weighted by molar-refractivity contribution is 6.05. The van der Waals surface area contributed by atoms with Gasteiger partial charge in [-0.25, -0.2) is 13.2 Å².